The number of anilines is 1. The molecule has 3 aromatic rings. The van der Waals surface area contributed by atoms with Gasteiger partial charge in [-0.25, -0.2) is 4.98 Å². The molecule has 6 nitrogen and oxygen atoms in total. The Morgan fingerprint density at radius 1 is 1.21 bits per heavy atom. The third-order valence-electron chi connectivity index (χ3n) is 5.43. The van der Waals surface area contributed by atoms with E-state index < -0.39 is 0 Å². The topological polar surface area (TPSA) is 65.4 Å². The molecule has 0 fully saturated rings. The molecule has 0 bridgehead atoms. The molecule has 5 rings (SSSR count). The first-order valence-corrected chi connectivity index (χ1v) is 10.6. The molecule has 0 unspecified atom stereocenters. The minimum Gasteiger partial charge on any atom is -0.454 e. The lowest BCUT2D eigenvalue weighted by molar-refractivity contribution is 0.174. The van der Waals surface area contributed by atoms with Gasteiger partial charge in [0.15, 0.2) is 11.5 Å². The molecule has 1 aliphatic heterocycles. The van der Waals surface area contributed by atoms with E-state index in [2.05, 4.69) is 5.32 Å². The minimum atomic E-state index is 0.0304. The lowest BCUT2D eigenvalue weighted by atomic mass is 9.97. The van der Waals surface area contributed by atoms with Gasteiger partial charge in [0.25, 0.3) is 5.56 Å². The summed E-state index contributed by atoms with van der Waals surface area (Å²) in [5, 5.41) is 4.21. The lowest BCUT2D eigenvalue weighted by Gasteiger charge is -2.17. The number of ether oxygens (including phenoxy) is 2. The molecule has 146 valence electrons. The summed E-state index contributed by atoms with van der Waals surface area (Å²) in [7, 11) is 0. The van der Waals surface area contributed by atoms with Gasteiger partial charge < -0.3 is 14.8 Å². The Hall–Kier alpha value is -2.54. The number of hydrogen-bond acceptors (Lipinski definition) is 6. The number of thiophene rings is 1. The first-order chi connectivity index (χ1) is 13.6. The lowest BCUT2D eigenvalue weighted by Crippen LogP contribution is -2.27. The summed E-state index contributed by atoms with van der Waals surface area (Å²) in [5.41, 5.74) is 2.37. The van der Waals surface area contributed by atoms with Gasteiger partial charge in [0.2, 0.25) is 12.7 Å². The van der Waals surface area contributed by atoms with Crippen molar-refractivity contribution in [2.75, 3.05) is 12.1 Å². The molecule has 0 amide bonds. The molecule has 1 aliphatic carbocycles. The summed E-state index contributed by atoms with van der Waals surface area (Å²) in [6.07, 6.45) is 4.42. The Morgan fingerprint density at radius 3 is 2.89 bits per heavy atom. The molecule has 0 spiro atoms. The molecule has 0 saturated carbocycles. The molecular formula is C21H23N3O3S. The van der Waals surface area contributed by atoms with E-state index in [0.717, 1.165) is 46.5 Å². The highest BCUT2D eigenvalue weighted by Gasteiger charge is 2.23. The summed E-state index contributed by atoms with van der Waals surface area (Å²) in [6, 6.07) is 5.91. The number of aryl methyl sites for hydroxylation is 2. The van der Waals surface area contributed by atoms with Crippen LogP contribution in [-0.2, 0) is 19.4 Å². The average Bonchev–Trinajstić information content (AvgIpc) is 3.29. The van der Waals surface area contributed by atoms with Crippen molar-refractivity contribution < 1.29 is 9.47 Å². The van der Waals surface area contributed by atoms with Gasteiger partial charge in [-0.1, -0.05) is 6.07 Å². The number of rotatable bonds is 4. The van der Waals surface area contributed by atoms with Crippen LogP contribution in [0.15, 0.2) is 23.0 Å². The van der Waals surface area contributed by atoms with E-state index >= 15 is 0 Å². The van der Waals surface area contributed by atoms with Crippen LogP contribution in [0.1, 0.15) is 48.7 Å². The van der Waals surface area contributed by atoms with Crippen molar-refractivity contribution in [1.29, 1.82) is 0 Å². The summed E-state index contributed by atoms with van der Waals surface area (Å²) >= 11 is 1.69. The maximum absolute atomic E-state index is 13.3. The van der Waals surface area contributed by atoms with Gasteiger partial charge in [-0.05, 0) is 62.8 Å². The Morgan fingerprint density at radius 2 is 2.04 bits per heavy atom. The largest absolute Gasteiger partial charge is 0.454 e. The van der Waals surface area contributed by atoms with Gasteiger partial charge in [0, 0.05) is 17.5 Å². The Bertz CT molecular complexity index is 1120. The highest BCUT2D eigenvalue weighted by atomic mass is 32.1. The zero-order valence-corrected chi connectivity index (χ0v) is 16.9. The van der Waals surface area contributed by atoms with E-state index in [9.17, 15) is 4.79 Å². The number of hydrogen-bond donors (Lipinski definition) is 1. The van der Waals surface area contributed by atoms with Crippen molar-refractivity contribution in [2.24, 2.45) is 0 Å². The van der Waals surface area contributed by atoms with Gasteiger partial charge in [-0.2, -0.15) is 0 Å². The first kappa shape index (κ1) is 17.6. The fourth-order valence-electron chi connectivity index (χ4n) is 4.05. The van der Waals surface area contributed by atoms with Crippen LogP contribution in [0, 0.1) is 0 Å². The van der Waals surface area contributed by atoms with Crippen LogP contribution in [-0.4, -0.2) is 16.3 Å². The molecule has 3 heterocycles. The maximum atomic E-state index is 13.3. The number of fused-ring (bicyclic) bond motifs is 4. The third-order valence-corrected chi connectivity index (χ3v) is 6.61. The standard InChI is InChI=1S/C21H23N3O3S/c1-12(2)24-20(25)18-14-5-3-4-6-17(14)28-19(18)23-21(24)22-10-13-7-8-15-16(9-13)27-11-26-15/h7-9,12H,3-6,10-11H2,1-2H3,(H,22,23). The first-order valence-electron chi connectivity index (χ1n) is 9.81. The van der Waals surface area contributed by atoms with E-state index in [1.807, 2.05) is 32.0 Å². The van der Waals surface area contributed by atoms with Gasteiger partial charge in [-0.3, -0.25) is 9.36 Å². The predicted octanol–water partition coefficient (Wildman–Crippen LogP) is 4.26. The van der Waals surface area contributed by atoms with Crippen molar-refractivity contribution in [1.82, 2.24) is 9.55 Å². The van der Waals surface area contributed by atoms with E-state index in [4.69, 9.17) is 14.5 Å². The highest BCUT2D eigenvalue weighted by Crippen LogP contribution is 2.35. The third kappa shape index (κ3) is 2.85. The molecule has 0 radical (unpaired) electrons. The summed E-state index contributed by atoms with van der Waals surface area (Å²) < 4.78 is 12.6. The SMILES string of the molecule is CC(C)n1c(NCc2ccc3c(c2)OCO3)nc2sc3c(c2c1=O)CCCC3. The summed E-state index contributed by atoms with van der Waals surface area (Å²) in [4.78, 5) is 20.4. The monoisotopic (exact) mass is 397 g/mol. The molecule has 0 saturated heterocycles. The normalized spacial score (nSPS) is 15.2. The van der Waals surface area contributed by atoms with Crippen LogP contribution >= 0.6 is 11.3 Å². The van der Waals surface area contributed by atoms with Gasteiger partial charge in [0.1, 0.15) is 4.83 Å². The Labute approximate surface area is 167 Å². The van der Waals surface area contributed by atoms with E-state index in [1.165, 1.54) is 16.9 Å². The fraction of sp³-hybridized carbons (Fsp3) is 0.429. The second-order valence-corrected chi connectivity index (χ2v) is 8.72. The zero-order valence-electron chi connectivity index (χ0n) is 16.1. The predicted molar refractivity (Wildman–Crippen MR) is 111 cm³/mol. The van der Waals surface area contributed by atoms with Crippen LogP contribution in [0.3, 0.4) is 0 Å². The second kappa shape index (κ2) is 6.81. The molecule has 2 aromatic heterocycles. The van der Waals surface area contributed by atoms with Crippen LogP contribution in [0.5, 0.6) is 11.5 Å². The fourth-order valence-corrected chi connectivity index (χ4v) is 5.31. The van der Waals surface area contributed by atoms with Crippen LogP contribution < -0.4 is 20.3 Å². The molecule has 7 heteroatoms. The van der Waals surface area contributed by atoms with Gasteiger partial charge in [0.05, 0.1) is 5.39 Å². The Kier molecular flexibility index (Phi) is 4.27. The summed E-state index contributed by atoms with van der Waals surface area (Å²) in [5.74, 6) is 2.16. The van der Waals surface area contributed by atoms with Crippen molar-refractivity contribution in [3.63, 3.8) is 0 Å². The quantitative estimate of drug-likeness (QED) is 0.713. The van der Waals surface area contributed by atoms with E-state index in [-0.39, 0.29) is 18.4 Å². The summed E-state index contributed by atoms with van der Waals surface area (Å²) in [6.45, 7) is 4.88. The number of benzene rings is 1. The highest BCUT2D eigenvalue weighted by molar-refractivity contribution is 7.18. The molecule has 0 atom stereocenters. The smallest absolute Gasteiger partial charge is 0.264 e. The number of nitrogens with zero attached hydrogens (tertiary/aromatic N) is 2. The average molecular weight is 398 g/mol. The van der Waals surface area contributed by atoms with Crippen molar-refractivity contribution in [2.45, 2.75) is 52.1 Å². The molecule has 28 heavy (non-hydrogen) atoms. The number of nitrogens with one attached hydrogen (secondary N) is 1. The van der Waals surface area contributed by atoms with E-state index in [1.54, 1.807) is 15.9 Å². The molecular weight excluding hydrogens is 374 g/mol. The molecule has 1 aromatic carbocycles. The van der Waals surface area contributed by atoms with Crippen molar-refractivity contribution >= 4 is 27.5 Å². The maximum Gasteiger partial charge on any atom is 0.264 e. The van der Waals surface area contributed by atoms with Crippen molar-refractivity contribution in [3.8, 4) is 11.5 Å². The zero-order chi connectivity index (χ0) is 19.3. The molecule has 2 aliphatic rings. The number of aromatic nitrogens is 2. The molecule has 1 N–H and O–H groups in total. The Balaban J connectivity index is 1.53. The second-order valence-electron chi connectivity index (χ2n) is 7.64. The van der Waals surface area contributed by atoms with Crippen LogP contribution in [0.25, 0.3) is 10.2 Å². The van der Waals surface area contributed by atoms with Crippen LogP contribution in [0.2, 0.25) is 0 Å². The van der Waals surface area contributed by atoms with E-state index in [0.29, 0.717) is 12.5 Å². The van der Waals surface area contributed by atoms with Crippen molar-refractivity contribution in [3.05, 3.63) is 44.6 Å². The van der Waals surface area contributed by atoms with Gasteiger partial charge in [-0.15, -0.1) is 11.3 Å². The minimum absolute atomic E-state index is 0.0304. The van der Waals surface area contributed by atoms with Gasteiger partial charge >= 0.3 is 0 Å². The van der Waals surface area contributed by atoms with Crippen LogP contribution in [0.4, 0.5) is 5.95 Å².